The number of rotatable bonds is 20. The molecule has 0 radical (unpaired) electrons. The van der Waals surface area contributed by atoms with Crippen LogP contribution in [0.1, 0.15) is 129 Å². The van der Waals surface area contributed by atoms with Crippen molar-refractivity contribution >= 4 is 28.9 Å². The van der Waals surface area contributed by atoms with Crippen molar-refractivity contribution in [1.29, 1.82) is 0 Å². The molecule has 0 aliphatic rings. The Morgan fingerprint density at radius 1 is 0.579 bits per heavy atom. The largest absolute Gasteiger partial charge is 0.252 e. The molecule has 0 amide bonds. The molecule has 0 saturated carbocycles. The third kappa shape index (κ3) is 15.4. The molecule has 0 unspecified atom stereocenters. The van der Waals surface area contributed by atoms with Crippen molar-refractivity contribution in [2.75, 3.05) is 0 Å². The Kier molecular flexibility index (Phi) is 20.6. The van der Waals surface area contributed by atoms with Crippen LogP contribution in [0.15, 0.2) is 70.7 Å². The van der Waals surface area contributed by atoms with Crippen LogP contribution < -0.4 is 0 Å². The molecule has 0 spiro atoms. The molecule has 0 aliphatic heterocycles. The monoisotopic (exact) mass is 558 g/mol. The van der Waals surface area contributed by atoms with E-state index in [2.05, 4.69) is 87.5 Å². The van der Waals surface area contributed by atoms with Crippen molar-refractivity contribution in [3.8, 4) is 0 Å². The number of hydrogen-bond acceptors (Lipinski definition) is 2. The predicted molar refractivity (Wildman–Crippen MR) is 167 cm³/mol. The number of unbranched alkanes of at least 4 members (excludes halogenated alkanes) is 11. The molecule has 38 heavy (non-hydrogen) atoms. The van der Waals surface area contributed by atoms with E-state index < -0.39 is 0 Å². The van der Waals surface area contributed by atoms with E-state index in [1.165, 1.54) is 76.2 Å². The summed E-state index contributed by atoms with van der Waals surface area (Å²) in [6.07, 6.45) is 24.5. The van der Waals surface area contributed by atoms with E-state index in [0.29, 0.717) is 0 Å². The van der Waals surface area contributed by atoms with Crippen molar-refractivity contribution in [1.82, 2.24) is 0 Å². The molecule has 2 rings (SSSR count). The summed E-state index contributed by atoms with van der Waals surface area (Å²) in [7, 11) is 0. The van der Waals surface area contributed by atoms with E-state index in [-0.39, 0.29) is 16.5 Å². The Balaban J connectivity index is 0.00000722. The Labute approximate surface area is 244 Å². The van der Waals surface area contributed by atoms with E-state index in [9.17, 15) is 0 Å². The van der Waals surface area contributed by atoms with Crippen molar-refractivity contribution in [3.05, 3.63) is 66.2 Å². The summed E-state index contributed by atoms with van der Waals surface area (Å²) in [5, 5.41) is 0. The van der Waals surface area contributed by atoms with Crippen molar-refractivity contribution in [2.45, 2.75) is 124 Å². The van der Waals surface area contributed by atoms with Gasteiger partial charge in [0.1, 0.15) is 0 Å². The van der Waals surface area contributed by atoms with Gasteiger partial charge in [0, 0.05) is 16.5 Å². The molecule has 3 heteroatoms. The number of para-hydroxylation sites is 1. The number of allylic oxidation sites excluding steroid dienone is 1. The van der Waals surface area contributed by atoms with Crippen LogP contribution in [-0.2, 0) is 16.5 Å². The molecule has 2 aromatic carbocycles. The van der Waals surface area contributed by atoms with Crippen LogP contribution in [0.2, 0.25) is 0 Å². The number of aliphatic imine (C=N–C) groups is 2. The maximum absolute atomic E-state index is 5.20. The van der Waals surface area contributed by atoms with Crippen molar-refractivity contribution in [3.63, 3.8) is 0 Å². The van der Waals surface area contributed by atoms with Crippen LogP contribution in [0.25, 0.3) is 6.08 Å². The summed E-state index contributed by atoms with van der Waals surface area (Å²) in [6, 6.07) is 19.1. The van der Waals surface area contributed by atoms with Gasteiger partial charge in [-0.3, -0.25) is 9.98 Å². The van der Waals surface area contributed by atoms with Gasteiger partial charge in [-0.15, -0.1) is 0 Å². The van der Waals surface area contributed by atoms with Crippen LogP contribution >= 0.6 is 0 Å². The molecule has 2 aromatic rings. The first-order chi connectivity index (χ1) is 18.3. The number of hydrogen-bond donors (Lipinski definition) is 0. The zero-order valence-electron chi connectivity index (χ0n) is 24.4. The molecule has 2 nitrogen and oxygen atoms in total. The fraction of sp³-hybridized carbons (Fsp3) is 0.543. The van der Waals surface area contributed by atoms with E-state index in [4.69, 9.17) is 9.98 Å². The fourth-order valence-electron chi connectivity index (χ4n) is 4.54. The molecule has 0 fully saturated rings. The van der Waals surface area contributed by atoms with Crippen LogP contribution in [-0.4, -0.2) is 11.4 Å². The molecule has 0 bridgehead atoms. The Hall–Kier alpha value is -1.99. The Morgan fingerprint density at radius 2 is 1.13 bits per heavy atom. The first-order valence-corrected chi connectivity index (χ1v) is 15.2. The maximum atomic E-state index is 5.20. The third-order valence-corrected chi connectivity index (χ3v) is 6.81. The van der Waals surface area contributed by atoms with Gasteiger partial charge in [-0.2, -0.15) is 0 Å². The zero-order valence-corrected chi connectivity index (χ0v) is 25.4. The minimum Gasteiger partial charge on any atom is -0.252 e. The van der Waals surface area contributed by atoms with Gasteiger partial charge in [-0.05, 0) is 68.4 Å². The average molecular weight is 560 g/mol. The Bertz CT molecular complexity index is 930. The predicted octanol–water partition coefficient (Wildman–Crippen LogP) is 11.8. The van der Waals surface area contributed by atoms with Gasteiger partial charge in [-0.25, -0.2) is 0 Å². The first-order valence-electron chi connectivity index (χ1n) is 15.2. The molecule has 0 aliphatic carbocycles. The summed E-state index contributed by atoms with van der Waals surface area (Å²) < 4.78 is 0. The minimum atomic E-state index is 0. The van der Waals surface area contributed by atoms with Gasteiger partial charge >= 0.3 is 0 Å². The average Bonchev–Trinajstić information content (AvgIpc) is 2.92. The quantitative estimate of drug-likeness (QED) is 0.0876. The van der Waals surface area contributed by atoms with Gasteiger partial charge in [0.2, 0.25) is 0 Å². The van der Waals surface area contributed by atoms with Gasteiger partial charge in [0.05, 0.1) is 22.8 Å². The second-order valence-electron chi connectivity index (χ2n) is 10.3. The number of nitrogens with zero attached hydrogens (tertiary/aromatic N) is 2. The summed E-state index contributed by atoms with van der Waals surface area (Å²) in [5.41, 5.74) is 5.63. The molecular formula is C35H52N2Ni. The van der Waals surface area contributed by atoms with E-state index in [1.54, 1.807) is 0 Å². The minimum absolute atomic E-state index is 0. The van der Waals surface area contributed by atoms with Crippen LogP contribution in [0.5, 0.6) is 0 Å². The van der Waals surface area contributed by atoms with Crippen LogP contribution in [0.4, 0.5) is 11.4 Å². The fourth-order valence-corrected chi connectivity index (χ4v) is 4.54. The molecule has 0 heterocycles. The molecule has 0 N–H and O–H groups in total. The van der Waals surface area contributed by atoms with Gasteiger partial charge < -0.3 is 0 Å². The smallest absolute Gasteiger partial charge is 0.0639 e. The third-order valence-electron chi connectivity index (χ3n) is 6.81. The van der Waals surface area contributed by atoms with E-state index in [0.717, 1.165) is 54.9 Å². The van der Waals surface area contributed by atoms with Crippen LogP contribution in [0, 0.1) is 0 Å². The van der Waals surface area contributed by atoms with Crippen molar-refractivity contribution in [2.24, 2.45) is 9.98 Å². The van der Waals surface area contributed by atoms with E-state index in [1.807, 2.05) is 0 Å². The topological polar surface area (TPSA) is 24.7 Å². The van der Waals surface area contributed by atoms with Gasteiger partial charge in [0.15, 0.2) is 0 Å². The summed E-state index contributed by atoms with van der Waals surface area (Å²) in [4.78, 5) is 10.3. The van der Waals surface area contributed by atoms with Crippen molar-refractivity contribution < 1.29 is 16.5 Å². The van der Waals surface area contributed by atoms with Crippen LogP contribution in [0.3, 0.4) is 0 Å². The second-order valence-corrected chi connectivity index (χ2v) is 10.3. The molecule has 0 saturated heterocycles. The first kappa shape index (κ1) is 34.0. The SMILES string of the molecule is CCCCCCCCCC=Cc1cccc(N=C(CCCC)C(CCCCCC)=Nc2ccccc2)c1.[Ni]. The molecular weight excluding hydrogens is 507 g/mol. The second kappa shape index (κ2) is 22.9. The standard InChI is InChI=1S/C35H52N2.Ni/c1-4-7-10-12-13-14-15-16-18-23-31-24-22-27-33(30-31)37-34(28-9-6-3)35(29-21-11-8-5-2)36-32-25-19-17-20-26-32;/h17-20,22-27,30H,4-16,21,28-29H2,1-3H3;. The maximum Gasteiger partial charge on any atom is 0.0639 e. The Morgan fingerprint density at radius 3 is 1.82 bits per heavy atom. The summed E-state index contributed by atoms with van der Waals surface area (Å²) >= 11 is 0. The van der Waals surface area contributed by atoms with Gasteiger partial charge in [0.25, 0.3) is 0 Å². The molecule has 0 aromatic heterocycles. The normalized spacial score (nSPS) is 12.2. The van der Waals surface area contributed by atoms with E-state index >= 15 is 0 Å². The number of benzene rings is 2. The zero-order chi connectivity index (χ0) is 26.4. The summed E-state index contributed by atoms with van der Waals surface area (Å²) in [5.74, 6) is 0. The molecule has 212 valence electrons. The summed E-state index contributed by atoms with van der Waals surface area (Å²) in [6.45, 7) is 6.80. The van der Waals surface area contributed by atoms with Gasteiger partial charge in [-0.1, -0.05) is 127 Å². The molecule has 0 atom stereocenters.